The van der Waals surface area contributed by atoms with Crippen LogP contribution in [0.3, 0.4) is 0 Å². The van der Waals surface area contributed by atoms with E-state index in [1.807, 2.05) is 0 Å². The first-order valence-electron chi connectivity index (χ1n) is 4.76. The maximum Gasteiger partial charge on any atom is 0.171 e. The molecule has 0 N–H and O–H groups in total. The molecule has 0 aromatic carbocycles. The summed E-state index contributed by atoms with van der Waals surface area (Å²) in [4.78, 5) is 15.8. The van der Waals surface area contributed by atoms with Gasteiger partial charge in [0, 0.05) is 26.7 Å². The highest BCUT2D eigenvalue weighted by atomic mass is 32.1. The Morgan fingerprint density at radius 1 is 1.47 bits per heavy atom. The summed E-state index contributed by atoms with van der Waals surface area (Å²) in [6.07, 6.45) is 2.37. The van der Waals surface area contributed by atoms with E-state index in [9.17, 15) is 4.79 Å². The standard InChI is InChI=1S/C10H15NO3S/c1-8(12)9-7-11-10(15-9)3-4-14-6-5-13-2/h7H,3-6H2,1-2H3. The highest BCUT2D eigenvalue weighted by Gasteiger charge is 2.05. The van der Waals surface area contributed by atoms with Crippen LogP contribution in [-0.2, 0) is 15.9 Å². The number of hydrogen-bond acceptors (Lipinski definition) is 5. The lowest BCUT2D eigenvalue weighted by Crippen LogP contribution is -2.04. The van der Waals surface area contributed by atoms with Gasteiger partial charge in [-0.2, -0.15) is 0 Å². The number of rotatable bonds is 7. The fourth-order valence-electron chi connectivity index (χ4n) is 0.992. The van der Waals surface area contributed by atoms with E-state index in [0.29, 0.717) is 24.7 Å². The molecule has 1 aromatic rings. The number of methoxy groups -OCH3 is 1. The molecule has 0 saturated carbocycles. The maximum absolute atomic E-state index is 11.0. The number of ketones is 1. The highest BCUT2D eigenvalue weighted by molar-refractivity contribution is 7.13. The van der Waals surface area contributed by atoms with E-state index in [-0.39, 0.29) is 5.78 Å². The molecule has 1 aromatic heterocycles. The van der Waals surface area contributed by atoms with E-state index in [0.717, 1.165) is 11.4 Å². The average Bonchev–Trinajstić information content (AvgIpc) is 2.66. The second-order valence-electron chi connectivity index (χ2n) is 3.03. The number of hydrogen-bond donors (Lipinski definition) is 0. The number of ether oxygens (including phenoxy) is 2. The lowest BCUT2D eigenvalue weighted by molar-refractivity contribution is 0.0722. The minimum atomic E-state index is 0.0686. The zero-order valence-electron chi connectivity index (χ0n) is 8.99. The normalized spacial score (nSPS) is 10.5. The van der Waals surface area contributed by atoms with E-state index in [1.165, 1.54) is 11.3 Å². The quantitative estimate of drug-likeness (QED) is 0.526. The Bertz CT molecular complexity index is 311. The van der Waals surface area contributed by atoms with Gasteiger partial charge in [-0.15, -0.1) is 11.3 Å². The zero-order valence-corrected chi connectivity index (χ0v) is 9.80. The molecule has 1 rings (SSSR count). The summed E-state index contributed by atoms with van der Waals surface area (Å²) >= 11 is 1.43. The van der Waals surface area contributed by atoms with E-state index < -0.39 is 0 Å². The fraction of sp³-hybridized carbons (Fsp3) is 0.600. The number of Topliss-reactive ketones (excluding diaryl/α,β-unsaturated/α-hetero) is 1. The van der Waals surface area contributed by atoms with Crippen LogP contribution in [0.2, 0.25) is 0 Å². The van der Waals surface area contributed by atoms with Crippen molar-refractivity contribution >= 4 is 17.1 Å². The van der Waals surface area contributed by atoms with Crippen molar-refractivity contribution in [3.05, 3.63) is 16.1 Å². The maximum atomic E-state index is 11.0. The Hall–Kier alpha value is -0.780. The third kappa shape index (κ3) is 4.51. The average molecular weight is 229 g/mol. The minimum absolute atomic E-state index is 0.0686. The van der Waals surface area contributed by atoms with Crippen LogP contribution in [-0.4, -0.2) is 37.7 Å². The van der Waals surface area contributed by atoms with Crippen LogP contribution in [0.15, 0.2) is 6.20 Å². The second-order valence-corrected chi connectivity index (χ2v) is 4.14. The predicted molar refractivity (Wildman–Crippen MR) is 58.5 cm³/mol. The number of aromatic nitrogens is 1. The van der Waals surface area contributed by atoms with Crippen molar-refractivity contribution in [3.63, 3.8) is 0 Å². The first-order chi connectivity index (χ1) is 7.24. The summed E-state index contributed by atoms with van der Waals surface area (Å²) in [5, 5.41) is 0.942. The molecule has 0 fully saturated rings. The molecule has 0 bridgehead atoms. The second kappa shape index (κ2) is 6.66. The summed E-state index contributed by atoms with van der Waals surface area (Å²) in [6, 6.07) is 0. The molecule has 0 aliphatic carbocycles. The Morgan fingerprint density at radius 2 is 2.27 bits per heavy atom. The molecule has 0 saturated heterocycles. The van der Waals surface area contributed by atoms with Gasteiger partial charge in [-0.25, -0.2) is 4.98 Å². The summed E-state index contributed by atoms with van der Waals surface area (Å²) in [6.45, 7) is 3.37. The van der Waals surface area contributed by atoms with Gasteiger partial charge in [-0.1, -0.05) is 0 Å². The molecule has 0 atom stereocenters. The Balaban J connectivity index is 2.23. The molecule has 0 radical (unpaired) electrons. The minimum Gasteiger partial charge on any atom is -0.382 e. The molecule has 84 valence electrons. The van der Waals surface area contributed by atoms with E-state index in [4.69, 9.17) is 9.47 Å². The van der Waals surface area contributed by atoms with Crippen molar-refractivity contribution in [2.24, 2.45) is 0 Å². The van der Waals surface area contributed by atoms with Gasteiger partial charge in [-0.3, -0.25) is 4.79 Å². The first-order valence-corrected chi connectivity index (χ1v) is 5.58. The van der Waals surface area contributed by atoms with Crippen molar-refractivity contribution < 1.29 is 14.3 Å². The van der Waals surface area contributed by atoms with Gasteiger partial charge >= 0.3 is 0 Å². The van der Waals surface area contributed by atoms with Crippen LogP contribution in [0.25, 0.3) is 0 Å². The number of carbonyl (C=O) groups excluding carboxylic acids is 1. The Morgan fingerprint density at radius 3 is 2.87 bits per heavy atom. The number of carbonyl (C=O) groups is 1. The molecule has 0 aliphatic heterocycles. The molecule has 1 heterocycles. The van der Waals surface area contributed by atoms with E-state index >= 15 is 0 Å². The summed E-state index contributed by atoms with van der Waals surface area (Å²) in [7, 11) is 1.64. The monoisotopic (exact) mass is 229 g/mol. The van der Waals surface area contributed by atoms with Crippen LogP contribution >= 0.6 is 11.3 Å². The Labute approximate surface area is 93.2 Å². The van der Waals surface area contributed by atoms with Gasteiger partial charge in [0.25, 0.3) is 0 Å². The summed E-state index contributed by atoms with van der Waals surface area (Å²) in [5.74, 6) is 0.0686. The van der Waals surface area contributed by atoms with E-state index in [1.54, 1.807) is 20.2 Å². The molecule has 0 spiro atoms. The first kappa shape index (κ1) is 12.3. The lowest BCUT2D eigenvalue weighted by atomic mass is 10.4. The molecule has 15 heavy (non-hydrogen) atoms. The molecule has 0 unspecified atom stereocenters. The van der Waals surface area contributed by atoms with Crippen molar-refractivity contribution in [1.82, 2.24) is 4.98 Å². The van der Waals surface area contributed by atoms with Gasteiger partial charge < -0.3 is 9.47 Å². The van der Waals surface area contributed by atoms with Crippen LogP contribution in [0.1, 0.15) is 21.6 Å². The fourth-order valence-corrected chi connectivity index (χ4v) is 1.79. The van der Waals surface area contributed by atoms with Crippen molar-refractivity contribution in [3.8, 4) is 0 Å². The summed E-state index contributed by atoms with van der Waals surface area (Å²) < 4.78 is 10.2. The predicted octanol–water partition coefficient (Wildman–Crippen LogP) is 1.55. The number of thiazole rings is 1. The third-order valence-corrected chi connectivity index (χ3v) is 2.95. The SMILES string of the molecule is COCCOCCc1ncc(C(C)=O)s1. The van der Waals surface area contributed by atoms with Gasteiger partial charge in [0.05, 0.1) is 29.7 Å². The molecule has 0 aliphatic rings. The largest absolute Gasteiger partial charge is 0.382 e. The smallest absolute Gasteiger partial charge is 0.171 e. The van der Waals surface area contributed by atoms with Gasteiger partial charge in [0.1, 0.15) is 0 Å². The molecular weight excluding hydrogens is 214 g/mol. The Kier molecular flexibility index (Phi) is 5.45. The number of nitrogens with zero attached hydrogens (tertiary/aromatic N) is 1. The van der Waals surface area contributed by atoms with Gasteiger partial charge in [0.2, 0.25) is 0 Å². The zero-order chi connectivity index (χ0) is 11.1. The van der Waals surface area contributed by atoms with Crippen molar-refractivity contribution in [2.75, 3.05) is 26.9 Å². The van der Waals surface area contributed by atoms with Gasteiger partial charge in [0.15, 0.2) is 5.78 Å². The van der Waals surface area contributed by atoms with Crippen molar-refractivity contribution in [2.45, 2.75) is 13.3 Å². The lowest BCUT2D eigenvalue weighted by Gasteiger charge is -2.00. The van der Waals surface area contributed by atoms with E-state index in [2.05, 4.69) is 4.98 Å². The third-order valence-electron chi connectivity index (χ3n) is 1.79. The molecule has 0 amide bonds. The van der Waals surface area contributed by atoms with Crippen LogP contribution < -0.4 is 0 Å². The molecular formula is C10H15NO3S. The molecule has 5 heteroatoms. The van der Waals surface area contributed by atoms with Gasteiger partial charge in [-0.05, 0) is 0 Å². The van der Waals surface area contributed by atoms with Crippen LogP contribution in [0.4, 0.5) is 0 Å². The molecule has 4 nitrogen and oxygen atoms in total. The van der Waals surface area contributed by atoms with Crippen LogP contribution in [0.5, 0.6) is 0 Å². The highest BCUT2D eigenvalue weighted by Crippen LogP contribution is 2.13. The van der Waals surface area contributed by atoms with Crippen LogP contribution in [0, 0.1) is 0 Å². The summed E-state index contributed by atoms with van der Waals surface area (Å²) in [5.41, 5.74) is 0. The topological polar surface area (TPSA) is 48.4 Å². The van der Waals surface area contributed by atoms with Crippen molar-refractivity contribution in [1.29, 1.82) is 0 Å².